The van der Waals surface area contributed by atoms with Crippen LogP contribution in [0, 0.1) is 28.4 Å². The Balaban J connectivity index is 2.11. The normalized spacial score (nSPS) is 9.74. The molecule has 7 nitrogen and oxygen atoms in total. The van der Waals surface area contributed by atoms with Crippen LogP contribution in [0.4, 0.5) is 11.4 Å². The first-order chi connectivity index (χ1) is 11.0. The van der Waals surface area contributed by atoms with Crippen LogP contribution in [-0.4, -0.2) is 17.4 Å². The molecule has 0 saturated heterocycles. The van der Waals surface area contributed by atoms with Gasteiger partial charge >= 0.3 is 0 Å². The summed E-state index contributed by atoms with van der Waals surface area (Å²) in [5.41, 5.74) is 1.11. The molecule has 0 unspecified atom stereocenters. The lowest BCUT2D eigenvalue weighted by Gasteiger charge is -2.07. The summed E-state index contributed by atoms with van der Waals surface area (Å²) >= 11 is 0. The summed E-state index contributed by atoms with van der Waals surface area (Å²) in [5.74, 6) is 0.0642. The number of nitro groups is 1. The predicted molar refractivity (Wildman–Crippen MR) is 83.3 cm³/mol. The quantitative estimate of drug-likeness (QED) is 0.674. The summed E-state index contributed by atoms with van der Waals surface area (Å²) in [5, 5.41) is 22.0. The van der Waals surface area contributed by atoms with Gasteiger partial charge in [-0.05, 0) is 37.3 Å². The molecule has 2 rings (SSSR count). The number of anilines is 1. The Morgan fingerprint density at radius 3 is 2.61 bits per heavy atom. The topological polar surface area (TPSA) is 105 Å². The molecule has 0 aliphatic carbocycles. The summed E-state index contributed by atoms with van der Waals surface area (Å²) in [6.07, 6.45) is 0. The van der Waals surface area contributed by atoms with Crippen molar-refractivity contribution in [2.24, 2.45) is 0 Å². The highest BCUT2D eigenvalue weighted by atomic mass is 16.6. The first kappa shape index (κ1) is 16.0. The number of rotatable bonds is 5. The van der Waals surface area contributed by atoms with Crippen molar-refractivity contribution in [1.29, 1.82) is 5.26 Å². The zero-order valence-electron chi connectivity index (χ0n) is 12.3. The van der Waals surface area contributed by atoms with Gasteiger partial charge in [0, 0.05) is 22.9 Å². The number of nitriles is 1. The maximum absolute atomic E-state index is 12.1. The maximum Gasteiger partial charge on any atom is 0.273 e. The highest BCUT2D eigenvalue weighted by Crippen LogP contribution is 2.21. The molecule has 1 N–H and O–H groups in total. The van der Waals surface area contributed by atoms with Crippen molar-refractivity contribution >= 4 is 17.3 Å². The van der Waals surface area contributed by atoms with Gasteiger partial charge in [0.1, 0.15) is 11.8 Å². The van der Waals surface area contributed by atoms with E-state index in [9.17, 15) is 14.9 Å². The van der Waals surface area contributed by atoms with Gasteiger partial charge in [-0.1, -0.05) is 6.07 Å². The number of ether oxygens (including phenoxy) is 1. The Bertz CT molecular complexity index is 779. The molecule has 2 aromatic carbocycles. The van der Waals surface area contributed by atoms with E-state index in [-0.39, 0.29) is 17.9 Å². The van der Waals surface area contributed by atoms with Crippen molar-refractivity contribution in [3.8, 4) is 11.8 Å². The molecular formula is C16H13N3O4. The van der Waals surface area contributed by atoms with Gasteiger partial charge in [0.05, 0.1) is 4.92 Å². The van der Waals surface area contributed by atoms with Crippen molar-refractivity contribution in [2.45, 2.75) is 6.92 Å². The predicted octanol–water partition coefficient (Wildman–Crippen LogP) is 3.06. The molecular weight excluding hydrogens is 298 g/mol. The van der Waals surface area contributed by atoms with Crippen LogP contribution in [0.15, 0.2) is 42.5 Å². The molecule has 7 heteroatoms. The summed E-state index contributed by atoms with van der Waals surface area (Å²) in [4.78, 5) is 22.5. The maximum atomic E-state index is 12.1. The van der Waals surface area contributed by atoms with Crippen LogP contribution in [-0.2, 0) is 0 Å². The van der Waals surface area contributed by atoms with E-state index in [0.717, 1.165) is 0 Å². The van der Waals surface area contributed by atoms with Crippen molar-refractivity contribution in [1.82, 2.24) is 0 Å². The van der Waals surface area contributed by atoms with Gasteiger partial charge in [0.25, 0.3) is 11.6 Å². The molecule has 1 amide bonds. The number of hydrogen-bond acceptors (Lipinski definition) is 5. The van der Waals surface area contributed by atoms with Gasteiger partial charge in [-0.2, -0.15) is 5.26 Å². The first-order valence-electron chi connectivity index (χ1n) is 6.67. The van der Waals surface area contributed by atoms with Gasteiger partial charge in [-0.15, -0.1) is 0 Å². The lowest BCUT2D eigenvalue weighted by molar-refractivity contribution is -0.385. The van der Waals surface area contributed by atoms with Crippen LogP contribution >= 0.6 is 0 Å². The van der Waals surface area contributed by atoms with E-state index in [1.54, 1.807) is 31.2 Å². The minimum absolute atomic E-state index is 0.0568. The number of benzene rings is 2. The van der Waals surface area contributed by atoms with Gasteiger partial charge in [-0.3, -0.25) is 14.9 Å². The fourth-order valence-corrected chi connectivity index (χ4v) is 1.90. The summed E-state index contributed by atoms with van der Waals surface area (Å²) in [6, 6.07) is 12.6. The molecule has 0 bridgehead atoms. The Hall–Kier alpha value is -3.40. The highest BCUT2D eigenvalue weighted by molar-refractivity contribution is 6.04. The monoisotopic (exact) mass is 311 g/mol. The SMILES string of the molecule is Cc1ccc(C(=O)Nc2ccc(OCC#N)cc2)cc1[N+](=O)[O-]. The molecule has 0 heterocycles. The Labute approximate surface area is 132 Å². The van der Waals surface area contributed by atoms with E-state index in [0.29, 0.717) is 17.0 Å². The van der Waals surface area contributed by atoms with Crippen LogP contribution in [0.2, 0.25) is 0 Å². The standard InChI is InChI=1S/C16H13N3O4/c1-11-2-3-12(10-15(11)19(21)22)16(20)18-13-4-6-14(7-5-13)23-9-8-17/h2-7,10H,9H2,1H3,(H,18,20). The lowest BCUT2D eigenvalue weighted by atomic mass is 10.1. The van der Waals surface area contributed by atoms with E-state index in [1.165, 1.54) is 18.2 Å². The Morgan fingerprint density at radius 1 is 1.30 bits per heavy atom. The van der Waals surface area contributed by atoms with Gasteiger partial charge in [0.15, 0.2) is 6.61 Å². The van der Waals surface area contributed by atoms with E-state index in [1.807, 2.05) is 6.07 Å². The molecule has 116 valence electrons. The molecule has 23 heavy (non-hydrogen) atoms. The summed E-state index contributed by atoms with van der Waals surface area (Å²) in [7, 11) is 0. The third-order valence-corrected chi connectivity index (χ3v) is 3.08. The van der Waals surface area contributed by atoms with Crippen LogP contribution in [0.1, 0.15) is 15.9 Å². The zero-order valence-corrected chi connectivity index (χ0v) is 12.3. The Kier molecular flexibility index (Phi) is 4.89. The van der Waals surface area contributed by atoms with Crippen molar-refractivity contribution in [3.63, 3.8) is 0 Å². The van der Waals surface area contributed by atoms with E-state index < -0.39 is 10.8 Å². The lowest BCUT2D eigenvalue weighted by Crippen LogP contribution is -2.12. The fraction of sp³-hybridized carbons (Fsp3) is 0.125. The van der Waals surface area contributed by atoms with E-state index >= 15 is 0 Å². The van der Waals surface area contributed by atoms with E-state index in [2.05, 4.69) is 5.32 Å². The molecule has 0 fully saturated rings. The smallest absolute Gasteiger partial charge is 0.273 e. The molecule has 2 aromatic rings. The number of aryl methyl sites for hydroxylation is 1. The molecule has 0 spiro atoms. The van der Waals surface area contributed by atoms with Crippen molar-refractivity contribution in [2.75, 3.05) is 11.9 Å². The second kappa shape index (κ2) is 7.04. The van der Waals surface area contributed by atoms with Crippen LogP contribution in [0.3, 0.4) is 0 Å². The first-order valence-corrected chi connectivity index (χ1v) is 6.67. The van der Waals surface area contributed by atoms with E-state index in [4.69, 9.17) is 10.00 Å². The Morgan fingerprint density at radius 2 is 2.00 bits per heavy atom. The van der Waals surface area contributed by atoms with Crippen LogP contribution < -0.4 is 10.1 Å². The second-order valence-electron chi connectivity index (χ2n) is 4.68. The average Bonchev–Trinajstić information content (AvgIpc) is 2.54. The fourth-order valence-electron chi connectivity index (χ4n) is 1.90. The van der Waals surface area contributed by atoms with Crippen molar-refractivity contribution in [3.05, 3.63) is 63.7 Å². The molecule has 0 aromatic heterocycles. The van der Waals surface area contributed by atoms with Gasteiger partial charge < -0.3 is 10.1 Å². The third-order valence-electron chi connectivity index (χ3n) is 3.08. The number of hydrogen-bond donors (Lipinski definition) is 1. The van der Waals surface area contributed by atoms with Crippen molar-refractivity contribution < 1.29 is 14.5 Å². The zero-order chi connectivity index (χ0) is 16.8. The molecule has 0 atom stereocenters. The molecule has 0 aliphatic rings. The van der Waals surface area contributed by atoms with Crippen LogP contribution in [0.5, 0.6) is 5.75 Å². The number of nitrogens with zero attached hydrogens (tertiary/aromatic N) is 2. The van der Waals surface area contributed by atoms with Gasteiger partial charge in [0.2, 0.25) is 0 Å². The largest absolute Gasteiger partial charge is 0.479 e. The summed E-state index contributed by atoms with van der Waals surface area (Å²) < 4.78 is 5.11. The van der Waals surface area contributed by atoms with Crippen LogP contribution in [0.25, 0.3) is 0 Å². The van der Waals surface area contributed by atoms with Gasteiger partial charge in [-0.25, -0.2) is 0 Å². The number of nitro benzene ring substituents is 1. The molecule has 0 aliphatic heterocycles. The number of carbonyl (C=O) groups is 1. The second-order valence-corrected chi connectivity index (χ2v) is 4.68. The number of carbonyl (C=O) groups excluding carboxylic acids is 1. The molecule has 0 saturated carbocycles. The highest BCUT2D eigenvalue weighted by Gasteiger charge is 2.15. The number of nitrogens with one attached hydrogen (secondary N) is 1. The summed E-state index contributed by atoms with van der Waals surface area (Å²) in [6.45, 7) is 1.55. The molecule has 0 radical (unpaired) electrons. The average molecular weight is 311 g/mol. The number of amides is 1. The third kappa shape index (κ3) is 4.04. The minimum atomic E-state index is -0.520. The minimum Gasteiger partial charge on any atom is -0.479 e.